The SMILES string of the molecule is CNCC1(Cc2ccn(C)n2)CCCc2ccccc21. The monoisotopic (exact) mass is 269 g/mol. The molecule has 0 saturated carbocycles. The van der Waals surface area contributed by atoms with E-state index in [-0.39, 0.29) is 5.41 Å². The maximum atomic E-state index is 4.59. The molecular formula is C17H23N3. The zero-order valence-corrected chi connectivity index (χ0v) is 12.4. The van der Waals surface area contributed by atoms with Crippen molar-refractivity contribution in [3.63, 3.8) is 0 Å². The minimum absolute atomic E-state index is 0.192. The molecule has 3 heteroatoms. The molecule has 3 nitrogen and oxygen atoms in total. The van der Waals surface area contributed by atoms with Gasteiger partial charge >= 0.3 is 0 Å². The average molecular weight is 269 g/mol. The van der Waals surface area contributed by atoms with Crippen LogP contribution in [0.4, 0.5) is 0 Å². The lowest BCUT2D eigenvalue weighted by molar-refractivity contribution is 0.341. The van der Waals surface area contributed by atoms with E-state index in [1.807, 2.05) is 17.9 Å². The summed E-state index contributed by atoms with van der Waals surface area (Å²) in [5, 5.41) is 8.01. The molecule has 1 aromatic carbocycles. The van der Waals surface area contributed by atoms with Crippen LogP contribution in [0, 0.1) is 0 Å². The fraction of sp³-hybridized carbons (Fsp3) is 0.471. The largest absolute Gasteiger partial charge is 0.319 e. The summed E-state index contributed by atoms with van der Waals surface area (Å²) < 4.78 is 1.90. The van der Waals surface area contributed by atoms with E-state index >= 15 is 0 Å². The highest BCUT2D eigenvalue weighted by molar-refractivity contribution is 5.38. The van der Waals surface area contributed by atoms with Gasteiger partial charge in [-0.2, -0.15) is 5.10 Å². The zero-order chi connectivity index (χ0) is 14.0. The first-order valence-electron chi connectivity index (χ1n) is 7.45. The second-order valence-electron chi connectivity index (χ2n) is 5.98. The molecule has 0 radical (unpaired) electrons. The molecule has 0 bridgehead atoms. The fourth-order valence-corrected chi connectivity index (χ4v) is 3.68. The van der Waals surface area contributed by atoms with Crippen LogP contribution in [0.1, 0.15) is 29.7 Å². The van der Waals surface area contributed by atoms with E-state index in [4.69, 9.17) is 0 Å². The molecule has 20 heavy (non-hydrogen) atoms. The summed E-state index contributed by atoms with van der Waals surface area (Å²) in [4.78, 5) is 0. The van der Waals surface area contributed by atoms with Crippen molar-refractivity contribution >= 4 is 0 Å². The predicted molar refractivity (Wildman–Crippen MR) is 81.9 cm³/mol. The Morgan fingerprint density at radius 2 is 2.15 bits per heavy atom. The van der Waals surface area contributed by atoms with Gasteiger partial charge in [-0.1, -0.05) is 24.3 Å². The highest BCUT2D eigenvalue weighted by atomic mass is 15.2. The van der Waals surface area contributed by atoms with Gasteiger partial charge in [0.25, 0.3) is 0 Å². The quantitative estimate of drug-likeness (QED) is 0.924. The number of benzene rings is 1. The van der Waals surface area contributed by atoms with E-state index < -0.39 is 0 Å². The molecule has 1 unspecified atom stereocenters. The lowest BCUT2D eigenvalue weighted by atomic mass is 9.67. The maximum Gasteiger partial charge on any atom is 0.0633 e. The highest BCUT2D eigenvalue weighted by Gasteiger charge is 2.36. The molecule has 0 aliphatic heterocycles. The second kappa shape index (κ2) is 5.41. The molecule has 1 aliphatic rings. The number of rotatable bonds is 4. The van der Waals surface area contributed by atoms with Crippen molar-refractivity contribution in [2.75, 3.05) is 13.6 Å². The number of hydrogen-bond donors (Lipinski definition) is 1. The molecule has 1 atom stereocenters. The van der Waals surface area contributed by atoms with Gasteiger partial charge in [0.05, 0.1) is 5.69 Å². The summed E-state index contributed by atoms with van der Waals surface area (Å²) >= 11 is 0. The molecule has 0 amide bonds. The van der Waals surface area contributed by atoms with Crippen LogP contribution in [0.15, 0.2) is 36.5 Å². The van der Waals surface area contributed by atoms with Gasteiger partial charge in [-0.15, -0.1) is 0 Å². The molecule has 1 N–H and O–H groups in total. The third-order valence-electron chi connectivity index (χ3n) is 4.49. The Hall–Kier alpha value is -1.61. The number of nitrogens with zero attached hydrogens (tertiary/aromatic N) is 2. The van der Waals surface area contributed by atoms with E-state index in [1.165, 1.54) is 36.1 Å². The van der Waals surface area contributed by atoms with Crippen molar-refractivity contribution < 1.29 is 0 Å². The van der Waals surface area contributed by atoms with E-state index in [1.54, 1.807) is 0 Å². The summed E-state index contributed by atoms with van der Waals surface area (Å²) in [5.74, 6) is 0. The normalized spacial score (nSPS) is 21.7. The Kier molecular flexibility index (Phi) is 3.62. The van der Waals surface area contributed by atoms with E-state index in [0.29, 0.717) is 0 Å². The van der Waals surface area contributed by atoms with Crippen LogP contribution < -0.4 is 5.32 Å². The summed E-state index contributed by atoms with van der Waals surface area (Å²) in [6.45, 7) is 1.01. The number of fused-ring (bicyclic) bond motifs is 1. The second-order valence-corrected chi connectivity index (χ2v) is 5.98. The summed E-state index contributed by atoms with van der Waals surface area (Å²) in [7, 11) is 4.04. The number of likely N-dealkylation sites (N-methyl/N-ethyl adjacent to an activating group) is 1. The number of aromatic nitrogens is 2. The van der Waals surface area contributed by atoms with Gasteiger partial charge < -0.3 is 5.32 Å². The molecule has 1 heterocycles. The van der Waals surface area contributed by atoms with Gasteiger partial charge in [0.2, 0.25) is 0 Å². The minimum Gasteiger partial charge on any atom is -0.319 e. The standard InChI is InChI=1S/C17H23N3/c1-18-13-17(12-15-9-11-20(2)19-15)10-5-7-14-6-3-4-8-16(14)17/h3-4,6,8-9,11,18H,5,7,10,12-13H2,1-2H3. The molecular weight excluding hydrogens is 246 g/mol. The Morgan fingerprint density at radius 1 is 1.30 bits per heavy atom. The fourth-order valence-electron chi connectivity index (χ4n) is 3.68. The predicted octanol–water partition coefficient (Wildman–Crippen LogP) is 2.46. The molecule has 0 spiro atoms. The van der Waals surface area contributed by atoms with Crippen LogP contribution in [-0.2, 0) is 25.3 Å². The first kappa shape index (κ1) is 13.4. The lowest BCUT2D eigenvalue weighted by Crippen LogP contribution is -2.41. The number of aryl methyl sites for hydroxylation is 2. The van der Waals surface area contributed by atoms with Crippen molar-refractivity contribution in [3.8, 4) is 0 Å². The van der Waals surface area contributed by atoms with Crippen molar-refractivity contribution in [1.82, 2.24) is 15.1 Å². The zero-order valence-electron chi connectivity index (χ0n) is 12.4. The van der Waals surface area contributed by atoms with Crippen molar-refractivity contribution in [2.24, 2.45) is 7.05 Å². The molecule has 2 aromatic rings. The molecule has 1 aliphatic carbocycles. The Bertz CT molecular complexity index is 587. The summed E-state index contributed by atoms with van der Waals surface area (Å²) in [6.07, 6.45) is 6.78. The van der Waals surface area contributed by atoms with Gasteiger partial charge in [0.1, 0.15) is 0 Å². The van der Waals surface area contributed by atoms with Gasteiger partial charge in [0.15, 0.2) is 0 Å². The summed E-state index contributed by atoms with van der Waals surface area (Å²) in [6, 6.07) is 11.1. The summed E-state index contributed by atoms with van der Waals surface area (Å²) in [5.41, 5.74) is 4.42. The minimum atomic E-state index is 0.192. The third kappa shape index (κ3) is 2.38. The molecule has 3 rings (SSSR count). The van der Waals surface area contributed by atoms with Crippen molar-refractivity contribution in [3.05, 3.63) is 53.3 Å². The van der Waals surface area contributed by atoms with E-state index in [9.17, 15) is 0 Å². The van der Waals surface area contributed by atoms with Crippen LogP contribution >= 0.6 is 0 Å². The lowest BCUT2D eigenvalue weighted by Gasteiger charge is -2.39. The first-order valence-corrected chi connectivity index (χ1v) is 7.45. The molecule has 0 saturated heterocycles. The topological polar surface area (TPSA) is 29.9 Å². The molecule has 1 aromatic heterocycles. The van der Waals surface area contributed by atoms with Gasteiger partial charge in [-0.3, -0.25) is 4.68 Å². The molecule has 106 valence electrons. The van der Waals surface area contributed by atoms with Gasteiger partial charge in [-0.25, -0.2) is 0 Å². The van der Waals surface area contributed by atoms with E-state index in [0.717, 1.165) is 13.0 Å². The smallest absolute Gasteiger partial charge is 0.0633 e. The van der Waals surface area contributed by atoms with Gasteiger partial charge in [-0.05, 0) is 43.5 Å². The van der Waals surface area contributed by atoms with Crippen LogP contribution in [0.5, 0.6) is 0 Å². The van der Waals surface area contributed by atoms with Crippen LogP contribution in [0.2, 0.25) is 0 Å². The third-order valence-corrected chi connectivity index (χ3v) is 4.49. The number of hydrogen-bond acceptors (Lipinski definition) is 2. The van der Waals surface area contributed by atoms with Gasteiger partial charge in [0, 0.05) is 31.6 Å². The number of nitrogens with one attached hydrogen (secondary N) is 1. The first-order chi connectivity index (χ1) is 9.73. The Balaban J connectivity index is 2.00. The van der Waals surface area contributed by atoms with Crippen molar-refractivity contribution in [2.45, 2.75) is 31.1 Å². The van der Waals surface area contributed by atoms with Crippen LogP contribution in [-0.4, -0.2) is 23.4 Å². The van der Waals surface area contributed by atoms with Crippen molar-refractivity contribution in [1.29, 1.82) is 0 Å². The average Bonchev–Trinajstić information content (AvgIpc) is 2.85. The Labute approximate surface area is 121 Å². The highest BCUT2D eigenvalue weighted by Crippen LogP contribution is 2.39. The van der Waals surface area contributed by atoms with Crippen LogP contribution in [0.3, 0.4) is 0 Å². The Morgan fingerprint density at radius 3 is 2.90 bits per heavy atom. The molecule has 0 fully saturated rings. The van der Waals surface area contributed by atoms with E-state index in [2.05, 4.69) is 47.8 Å². The van der Waals surface area contributed by atoms with Crippen LogP contribution in [0.25, 0.3) is 0 Å². The maximum absolute atomic E-state index is 4.59.